The molecule has 2 aliphatic rings. The Hall–Kier alpha value is -2.59. The molecule has 164 valence electrons. The minimum absolute atomic E-state index is 0.0311. The lowest BCUT2D eigenvalue weighted by Gasteiger charge is -2.50. The molecule has 0 aliphatic carbocycles. The molecule has 0 bridgehead atoms. The summed E-state index contributed by atoms with van der Waals surface area (Å²) < 4.78 is 13.2. The number of carbonyl (C=O) groups is 1. The van der Waals surface area contributed by atoms with Crippen LogP contribution in [0.15, 0.2) is 54.1 Å². The standard InChI is InChI=1S/C27H32O4/c1-17(2)7-6-14-27(4)23-13-10-18(3)30-25(23)22-12-11-20(16-24(22)31-27)19-8-5-9-21(15-19)26(28)29/h5,7-9,11-12,15-16,18,23,25H,6,10,13-14H2,1-4H3,(H,28,29)/t18-,23-,25+,27-/m1/s1. The average Bonchev–Trinajstić information content (AvgIpc) is 2.73. The van der Waals surface area contributed by atoms with Crippen LogP contribution in [0.1, 0.15) is 75.4 Å². The van der Waals surface area contributed by atoms with Crippen molar-refractivity contribution in [2.24, 2.45) is 5.92 Å². The van der Waals surface area contributed by atoms with Crippen LogP contribution in [0.2, 0.25) is 0 Å². The van der Waals surface area contributed by atoms with E-state index in [4.69, 9.17) is 9.47 Å². The third-order valence-corrected chi connectivity index (χ3v) is 6.71. The molecule has 4 rings (SSSR count). The fourth-order valence-corrected chi connectivity index (χ4v) is 4.97. The van der Waals surface area contributed by atoms with Crippen molar-refractivity contribution in [3.8, 4) is 16.9 Å². The highest BCUT2D eigenvalue weighted by Crippen LogP contribution is 2.52. The van der Waals surface area contributed by atoms with E-state index < -0.39 is 5.97 Å². The highest BCUT2D eigenvalue weighted by atomic mass is 16.5. The van der Waals surface area contributed by atoms with E-state index in [2.05, 4.69) is 45.9 Å². The van der Waals surface area contributed by atoms with Crippen LogP contribution >= 0.6 is 0 Å². The molecule has 4 nitrogen and oxygen atoms in total. The van der Waals surface area contributed by atoms with Gasteiger partial charge in [-0.3, -0.25) is 0 Å². The van der Waals surface area contributed by atoms with E-state index in [1.807, 2.05) is 12.1 Å². The number of hydrogen-bond donors (Lipinski definition) is 1. The second kappa shape index (κ2) is 8.51. The Morgan fingerprint density at radius 1 is 1.16 bits per heavy atom. The summed E-state index contributed by atoms with van der Waals surface area (Å²) in [6.45, 7) is 8.64. The summed E-state index contributed by atoms with van der Waals surface area (Å²) in [6.07, 6.45) is 6.61. The van der Waals surface area contributed by atoms with Gasteiger partial charge in [0, 0.05) is 11.5 Å². The van der Waals surface area contributed by atoms with Gasteiger partial charge in [0.2, 0.25) is 0 Å². The van der Waals surface area contributed by atoms with Gasteiger partial charge in [-0.1, -0.05) is 35.9 Å². The number of ether oxygens (including phenoxy) is 2. The number of carboxylic acid groups (broad SMARTS) is 1. The largest absolute Gasteiger partial charge is 0.487 e. The number of carboxylic acids is 1. The highest BCUT2D eigenvalue weighted by molar-refractivity contribution is 5.89. The van der Waals surface area contributed by atoms with Gasteiger partial charge in [-0.2, -0.15) is 0 Å². The van der Waals surface area contributed by atoms with Gasteiger partial charge >= 0.3 is 5.97 Å². The molecule has 0 unspecified atom stereocenters. The Morgan fingerprint density at radius 2 is 1.94 bits per heavy atom. The molecule has 1 saturated heterocycles. The van der Waals surface area contributed by atoms with Gasteiger partial charge in [0.05, 0.1) is 17.8 Å². The van der Waals surface area contributed by atoms with Crippen LogP contribution in [0, 0.1) is 5.92 Å². The summed E-state index contributed by atoms with van der Waals surface area (Å²) in [5, 5.41) is 9.35. The summed E-state index contributed by atoms with van der Waals surface area (Å²) in [5.74, 6) is 0.256. The number of benzene rings is 2. The van der Waals surface area contributed by atoms with Gasteiger partial charge in [-0.05, 0) is 82.7 Å². The van der Waals surface area contributed by atoms with Crippen molar-refractivity contribution in [1.29, 1.82) is 0 Å². The molecule has 0 saturated carbocycles. The van der Waals surface area contributed by atoms with Crippen molar-refractivity contribution in [2.45, 2.75) is 71.2 Å². The first kappa shape index (κ1) is 21.6. The van der Waals surface area contributed by atoms with Gasteiger partial charge in [0.15, 0.2) is 0 Å². The SMILES string of the molecule is CC(C)=CCC[C@@]1(C)Oc2cc(-c3cccc(C(=O)O)c3)ccc2[C@@H]2O[C@H](C)CC[C@H]21. The first-order valence-electron chi connectivity index (χ1n) is 11.2. The van der Waals surface area contributed by atoms with Gasteiger partial charge in [-0.15, -0.1) is 0 Å². The van der Waals surface area contributed by atoms with Crippen molar-refractivity contribution in [3.63, 3.8) is 0 Å². The van der Waals surface area contributed by atoms with E-state index in [1.165, 1.54) is 5.57 Å². The van der Waals surface area contributed by atoms with Crippen molar-refractivity contribution in [3.05, 3.63) is 65.2 Å². The predicted octanol–water partition coefficient (Wildman–Crippen LogP) is 6.81. The van der Waals surface area contributed by atoms with Gasteiger partial charge < -0.3 is 14.6 Å². The zero-order valence-electron chi connectivity index (χ0n) is 18.9. The smallest absolute Gasteiger partial charge is 0.335 e. The molecule has 2 heterocycles. The molecular weight excluding hydrogens is 388 g/mol. The number of allylic oxidation sites excluding steroid dienone is 2. The summed E-state index contributed by atoms with van der Waals surface area (Å²) in [6, 6.07) is 13.2. The minimum Gasteiger partial charge on any atom is -0.487 e. The number of aromatic carboxylic acids is 1. The Kier molecular flexibility index (Phi) is 5.94. The summed E-state index contributed by atoms with van der Waals surface area (Å²) in [5.41, 5.74) is 4.24. The summed E-state index contributed by atoms with van der Waals surface area (Å²) in [7, 11) is 0. The third-order valence-electron chi connectivity index (χ3n) is 6.71. The molecule has 1 N–H and O–H groups in total. The molecule has 0 spiro atoms. The Labute approximate surface area is 184 Å². The molecule has 0 amide bonds. The lowest BCUT2D eigenvalue weighted by atomic mass is 9.72. The number of rotatable bonds is 5. The highest BCUT2D eigenvalue weighted by Gasteiger charge is 2.49. The van der Waals surface area contributed by atoms with Crippen molar-refractivity contribution < 1.29 is 19.4 Å². The molecule has 2 aliphatic heterocycles. The molecule has 31 heavy (non-hydrogen) atoms. The van der Waals surface area contributed by atoms with Crippen molar-refractivity contribution >= 4 is 5.97 Å². The molecule has 0 radical (unpaired) electrons. The second-order valence-corrected chi connectivity index (χ2v) is 9.42. The fraction of sp³-hybridized carbons (Fsp3) is 0.444. The molecule has 1 fully saturated rings. The number of fused-ring (bicyclic) bond motifs is 3. The lowest BCUT2D eigenvalue weighted by molar-refractivity contribution is -0.151. The van der Waals surface area contributed by atoms with Crippen LogP contribution in [0.5, 0.6) is 5.75 Å². The quantitative estimate of drug-likeness (QED) is 0.540. The first-order valence-corrected chi connectivity index (χ1v) is 11.2. The Bertz CT molecular complexity index is 1000. The van der Waals surface area contributed by atoms with E-state index in [-0.39, 0.29) is 23.4 Å². The van der Waals surface area contributed by atoms with E-state index >= 15 is 0 Å². The monoisotopic (exact) mass is 420 g/mol. The summed E-state index contributed by atoms with van der Waals surface area (Å²) in [4.78, 5) is 11.4. The van der Waals surface area contributed by atoms with Crippen molar-refractivity contribution in [1.82, 2.24) is 0 Å². The van der Waals surface area contributed by atoms with Crippen molar-refractivity contribution in [2.75, 3.05) is 0 Å². The van der Waals surface area contributed by atoms with E-state index in [0.29, 0.717) is 5.92 Å². The zero-order valence-corrected chi connectivity index (χ0v) is 18.9. The van der Waals surface area contributed by atoms with Gasteiger partial charge in [-0.25, -0.2) is 4.79 Å². The maximum absolute atomic E-state index is 11.4. The van der Waals surface area contributed by atoms with E-state index in [1.54, 1.807) is 18.2 Å². The molecule has 4 heteroatoms. The fourth-order valence-electron chi connectivity index (χ4n) is 4.97. The maximum Gasteiger partial charge on any atom is 0.335 e. The molecule has 4 atom stereocenters. The molecule has 0 aromatic heterocycles. The summed E-state index contributed by atoms with van der Waals surface area (Å²) >= 11 is 0. The van der Waals surface area contributed by atoms with E-state index in [0.717, 1.165) is 48.1 Å². The maximum atomic E-state index is 11.4. The Balaban J connectivity index is 1.72. The second-order valence-electron chi connectivity index (χ2n) is 9.42. The average molecular weight is 421 g/mol. The van der Waals surface area contributed by atoms with Gasteiger partial charge in [0.1, 0.15) is 11.4 Å². The van der Waals surface area contributed by atoms with Crippen LogP contribution in [-0.4, -0.2) is 22.8 Å². The lowest BCUT2D eigenvalue weighted by Crippen LogP contribution is -2.50. The predicted molar refractivity (Wildman–Crippen MR) is 123 cm³/mol. The van der Waals surface area contributed by atoms with Crippen LogP contribution in [0.4, 0.5) is 0 Å². The van der Waals surface area contributed by atoms with Gasteiger partial charge in [0.25, 0.3) is 0 Å². The topological polar surface area (TPSA) is 55.8 Å². The molecular formula is C27H32O4. The Morgan fingerprint density at radius 3 is 2.68 bits per heavy atom. The molecule has 2 aromatic rings. The number of hydrogen-bond acceptors (Lipinski definition) is 3. The van der Waals surface area contributed by atoms with Crippen LogP contribution in [-0.2, 0) is 4.74 Å². The third kappa shape index (κ3) is 4.40. The normalized spacial score (nSPS) is 26.9. The van der Waals surface area contributed by atoms with Crippen LogP contribution < -0.4 is 4.74 Å². The van der Waals surface area contributed by atoms with Crippen LogP contribution in [0.3, 0.4) is 0 Å². The minimum atomic E-state index is -0.921. The zero-order chi connectivity index (χ0) is 22.2. The van der Waals surface area contributed by atoms with Crippen LogP contribution in [0.25, 0.3) is 11.1 Å². The first-order chi connectivity index (χ1) is 14.8. The van der Waals surface area contributed by atoms with E-state index in [9.17, 15) is 9.90 Å². The molecule has 2 aromatic carbocycles.